The quantitative estimate of drug-likeness (QED) is 0.795. The molecule has 0 bridgehead atoms. The van der Waals surface area contributed by atoms with Crippen LogP contribution in [0.1, 0.15) is 5.69 Å². The SMILES string of the molecule is NCc1cn(CC(=O)Nc2ccc(Cl)nn2)nn1. The van der Waals surface area contributed by atoms with E-state index in [9.17, 15) is 4.79 Å². The number of amides is 1. The molecule has 94 valence electrons. The lowest BCUT2D eigenvalue weighted by atomic mass is 10.5. The van der Waals surface area contributed by atoms with Crippen molar-refractivity contribution in [1.29, 1.82) is 0 Å². The molecule has 0 radical (unpaired) electrons. The summed E-state index contributed by atoms with van der Waals surface area (Å²) in [6.45, 7) is 0.307. The van der Waals surface area contributed by atoms with E-state index >= 15 is 0 Å². The predicted octanol–water partition coefficient (Wildman–Crippen LogP) is -0.181. The van der Waals surface area contributed by atoms with Gasteiger partial charge in [0, 0.05) is 6.54 Å². The van der Waals surface area contributed by atoms with Crippen LogP contribution in [0, 0.1) is 0 Å². The Morgan fingerprint density at radius 3 is 2.83 bits per heavy atom. The summed E-state index contributed by atoms with van der Waals surface area (Å²) in [5, 5.41) is 17.6. The van der Waals surface area contributed by atoms with Gasteiger partial charge in [0.25, 0.3) is 0 Å². The second-order valence-electron chi connectivity index (χ2n) is 3.40. The fourth-order valence-electron chi connectivity index (χ4n) is 1.22. The fraction of sp³-hybridized carbons (Fsp3) is 0.222. The monoisotopic (exact) mass is 267 g/mol. The van der Waals surface area contributed by atoms with E-state index in [0.29, 0.717) is 11.5 Å². The van der Waals surface area contributed by atoms with Crippen molar-refractivity contribution in [2.45, 2.75) is 13.1 Å². The molecule has 0 aliphatic heterocycles. The van der Waals surface area contributed by atoms with Crippen molar-refractivity contribution in [3.63, 3.8) is 0 Å². The zero-order valence-corrected chi connectivity index (χ0v) is 10.0. The highest BCUT2D eigenvalue weighted by Gasteiger charge is 2.06. The van der Waals surface area contributed by atoms with Gasteiger partial charge in [0.2, 0.25) is 5.91 Å². The Kier molecular flexibility index (Phi) is 3.80. The summed E-state index contributed by atoms with van der Waals surface area (Å²) in [6, 6.07) is 3.09. The predicted molar refractivity (Wildman–Crippen MR) is 63.6 cm³/mol. The number of carbonyl (C=O) groups is 1. The zero-order valence-electron chi connectivity index (χ0n) is 9.25. The number of aromatic nitrogens is 5. The summed E-state index contributed by atoms with van der Waals surface area (Å²) in [5.74, 6) is 0.0312. The molecule has 0 aliphatic rings. The zero-order chi connectivity index (χ0) is 13.0. The standard InChI is InChI=1S/C9H10ClN7O/c10-7-1-2-8(15-14-7)12-9(18)5-17-4-6(3-11)13-16-17/h1-2,4H,3,5,11H2,(H,12,15,18). The maximum atomic E-state index is 11.6. The van der Waals surface area contributed by atoms with Crippen molar-refractivity contribution in [3.8, 4) is 0 Å². The number of nitrogens with zero attached hydrogens (tertiary/aromatic N) is 5. The highest BCUT2D eigenvalue weighted by Crippen LogP contribution is 2.05. The maximum Gasteiger partial charge on any atom is 0.247 e. The minimum Gasteiger partial charge on any atom is -0.325 e. The van der Waals surface area contributed by atoms with Crippen molar-refractivity contribution in [2.75, 3.05) is 5.32 Å². The molecule has 0 unspecified atom stereocenters. The molecule has 0 atom stereocenters. The lowest BCUT2D eigenvalue weighted by molar-refractivity contribution is -0.117. The van der Waals surface area contributed by atoms with Crippen LogP contribution in [0.5, 0.6) is 0 Å². The number of rotatable bonds is 4. The van der Waals surface area contributed by atoms with Gasteiger partial charge in [0.15, 0.2) is 11.0 Å². The average molecular weight is 268 g/mol. The number of nitrogens with two attached hydrogens (primary N) is 1. The largest absolute Gasteiger partial charge is 0.325 e. The van der Waals surface area contributed by atoms with Gasteiger partial charge in [-0.25, -0.2) is 4.68 Å². The summed E-state index contributed by atoms with van der Waals surface area (Å²) in [7, 11) is 0. The smallest absolute Gasteiger partial charge is 0.247 e. The molecule has 3 N–H and O–H groups in total. The topological polar surface area (TPSA) is 112 Å². The van der Waals surface area contributed by atoms with E-state index in [1.807, 2.05) is 0 Å². The molecule has 8 nitrogen and oxygen atoms in total. The van der Waals surface area contributed by atoms with Gasteiger partial charge in [0.1, 0.15) is 6.54 Å². The lowest BCUT2D eigenvalue weighted by Gasteiger charge is -2.02. The first-order valence-corrected chi connectivity index (χ1v) is 5.43. The second-order valence-corrected chi connectivity index (χ2v) is 3.79. The molecule has 0 saturated carbocycles. The van der Waals surface area contributed by atoms with Crippen LogP contribution in [0.3, 0.4) is 0 Å². The molecule has 2 rings (SSSR count). The number of hydrogen-bond acceptors (Lipinski definition) is 6. The van der Waals surface area contributed by atoms with Crippen molar-refractivity contribution < 1.29 is 4.79 Å². The van der Waals surface area contributed by atoms with Crippen molar-refractivity contribution in [3.05, 3.63) is 29.2 Å². The van der Waals surface area contributed by atoms with Gasteiger partial charge < -0.3 is 11.1 Å². The van der Waals surface area contributed by atoms with Crippen LogP contribution in [0.4, 0.5) is 5.82 Å². The Morgan fingerprint density at radius 2 is 2.22 bits per heavy atom. The third kappa shape index (κ3) is 3.22. The van der Waals surface area contributed by atoms with E-state index in [1.54, 1.807) is 12.3 Å². The Balaban J connectivity index is 1.94. The van der Waals surface area contributed by atoms with Gasteiger partial charge in [-0.1, -0.05) is 16.8 Å². The number of carbonyl (C=O) groups excluding carboxylic acids is 1. The van der Waals surface area contributed by atoms with E-state index < -0.39 is 0 Å². The van der Waals surface area contributed by atoms with Crippen LogP contribution >= 0.6 is 11.6 Å². The van der Waals surface area contributed by atoms with E-state index in [1.165, 1.54) is 10.7 Å². The van der Waals surface area contributed by atoms with E-state index in [0.717, 1.165) is 0 Å². The number of anilines is 1. The first-order valence-electron chi connectivity index (χ1n) is 5.05. The number of nitrogens with one attached hydrogen (secondary N) is 1. The highest BCUT2D eigenvalue weighted by atomic mass is 35.5. The van der Waals surface area contributed by atoms with Gasteiger partial charge in [0.05, 0.1) is 11.9 Å². The first-order chi connectivity index (χ1) is 8.67. The Bertz CT molecular complexity index is 538. The van der Waals surface area contributed by atoms with Crippen LogP contribution in [-0.2, 0) is 17.9 Å². The van der Waals surface area contributed by atoms with Crippen molar-refractivity contribution in [1.82, 2.24) is 25.2 Å². The number of halogens is 1. The average Bonchev–Trinajstić information content (AvgIpc) is 2.79. The molecule has 2 heterocycles. The van der Waals surface area contributed by atoms with Gasteiger partial charge in [-0.15, -0.1) is 15.3 Å². The van der Waals surface area contributed by atoms with Crippen molar-refractivity contribution >= 4 is 23.3 Å². The minimum atomic E-state index is -0.292. The minimum absolute atomic E-state index is 0.0251. The van der Waals surface area contributed by atoms with Crippen LogP contribution in [0.15, 0.2) is 18.3 Å². The van der Waals surface area contributed by atoms with Gasteiger partial charge in [-0.05, 0) is 12.1 Å². The van der Waals surface area contributed by atoms with Crippen molar-refractivity contribution in [2.24, 2.45) is 5.73 Å². The molecule has 0 aliphatic carbocycles. The normalized spacial score (nSPS) is 10.3. The molecule has 2 aromatic heterocycles. The lowest BCUT2D eigenvalue weighted by Crippen LogP contribution is -2.20. The van der Waals surface area contributed by atoms with E-state index in [4.69, 9.17) is 17.3 Å². The molecular weight excluding hydrogens is 258 g/mol. The molecule has 0 fully saturated rings. The summed E-state index contributed by atoms with van der Waals surface area (Å²) < 4.78 is 1.39. The highest BCUT2D eigenvalue weighted by molar-refractivity contribution is 6.29. The van der Waals surface area contributed by atoms with Gasteiger partial charge in [-0.2, -0.15) is 0 Å². The van der Waals surface area contributed by atoms with Crippen LogP contribution in [0.2, 0.25) is 5.15 Å². The molecule has 0 spiro atoms. The van der Waals surface area contributed by atoms with Gasteiger partial charge in [-0.3, -0.25) is 4.79 Å². The molecule has 2 aromatic rings. The summed E-state index contributed by atoms with van der Waals surface area (Å²) in [4.78, 5) is 11.6. The fourth-order valence-corrected chi connectivity index (χ4v) is 1.32. The Labute approximate surface area is 107 Å². The molecule has 1 amide bonds. The molecule has 9 heteroatoms. The molecule has 0 aromatic carbocycles. The van der Waals surface area contributed by atoms with Crippen LogP contribution in [0.25, 0.3) is 0 Å². The summed E-state index contributed by atoms with van der Waals surface area (Å²) in [5.41, 5.74) is 6.00. The van der Waals surface area contributed by atoms with Crippen LogP contribution < -0.4 is 11.1 Å². The molecular formula is C9H10ClN7O. The Hall–Kier alpha value is -2.06. The molecule has 18 heavy (non-hydrogen) atoms. The third-order valence-corrected chi connectivity index (χ3v) is 2.20. The third-order valence-electron chi connectivity index (χ3n) is 2.00. The van der Waals surface area contributed by atoms with E-state index in [-0.39, 0.29) is 24.1 Å². The molecule has 0 saturated heterocycles. The van der Waals surface area contributed by atoms with Crippen LogP contribution in [-0.4, -0.2) is 31.1 Å². The van der Waals surface area contributed by atoms with Gasteiger partial charge >= 0.3 is 0 Å². The maximum absolute atomic E-state index is 11.6. The summed E-state index contributed by atoms with van der Waals surface area (Å²) >= 11 is 5.58. The first kappa shape index (κ1) is 12.4. The second kappa shape index (κ2) is 5.52. The Morgan fingerprint density at radius 1 is 1.39 bits per heavy atom. The summed E-state index contributed by atoms with van der Waals surface area (Å²) in [6.07, 6.45) is 1.60. The number of hydrogen-bond donors (Lipinski definition) is 2. The van der Waals surface area contributed by atoms with E-state index in [2.05, 4.69) is 25.8 Å².